The van der Waals surface area contributed by atoms with E-state index in [-0.39, 0.29) is 11.0 Å². The number of aromatic amines is 1. The van der Waals surface area contributed by atoms with Crippen LogP contribution in [0.5, 0.6) is 11.5 Å². The number of aromatic carboxylic acids is 1. The fourth-order valence-corrected chi connectivity index (χ4v) is 3.48. The lowest BCUT2D eigenvalue weighted by molar-refractivity contribution is 0.0697. The SMILES string of the molecule is COc1cc(-c2nc3ccc(C(=O)O)cc3[nH]2)ccc1OCc1ccc(C(C)(C)C)cc1. The number of ether oxygens (including phenoxy) is 2. The van der Waals surface area contributed by atoms with Gasteiger partial charge in [0.15, 0.2) is 11.5 Å². The minimum atomic E-state index is -0.973. The van der Waals surface area contributed by atoms with Crippen LogP contribution in [0, 0.1) is 0 Å². The van der Waals surface area contributed by atoms with Crippen LogP contribution in [0.15, 0.2) is 60.7 Å². The van der Waals surface area contributed by atoms with Gasteiger partial charge in [0.25, 0.3) is 0 Å². The lowest BCUT2D eigenvalue weighted by Crippen LogP contribution is -2.10. The Bertz CT molecular complexity index is 1270. The van der Waals surface area contributed by atoms with E-state index in [0.717, 1.165) is 11.1 Å². The number of carboxylic acids is 1. The monoisotopic (exact) mass is 430 g/mol. The molecule has 3 aromatic carbocycles. The molecule has 0 bridgehead atoms. The molecule has 0 aliphatic heterocycles. The van der Waals surface area contributed by atoms with Crippen LogP contribution in [0.25, 0.3) is 22.4 Å². The van der Waals surface area contributed by atoms with Crippen LogP contribution in [0.2, 0.25) is 0 Å². The summed E-state index contributed by atoms with van der Waals surface area (Å²) in [5, 5.41) is 9.18. The summed E-state index contributed by atoms with van der Waals surface area (Å²) in [6.07, 6.45) is 0. The lowest BCUT2D eigenvalue weighted by atomic mass is 9.87. The number of hydrogen-bond donors (Lipinski definition) is 2. The summed E-state index contributed by atoms with van der Waals surface area (Å²) in [5.41, 5.74) is 4.87. The molecule has 0 saturated heterocycles. The normalized spacial score (nSPS) is 11.5. The third-order valence-corrected chi connectivity index (χ3v) is 5.38. The molecule has 32 heavy (non-hydrogen) atoms. The van der Waals surface area contributed by atoms with Crippen LogP contribution >= 0.6 is 0 Å². The first-order valence-corrected chi connectivity index (χ1v) is 10.4. The van der Waals surface area contributed by atoms with Gasteiger partial charge in [0, 0.05) is 5.56 Å². The highest BCUT2D eigenvalue weighted by atomic mass is 16.5. The number of aromatic nitrogens is 2. The predicted molar refractivity (Wildman–Crippen MR) is 125 cm³/mol. The van der Waals surface area contributed by atoms with Crippen molar-refractivity contribution in [3.8, 4) is 22.9 Å². The molecule has 1 aromatic heterocycles. The topological polar surface area (TPSA) is 84.4 Å². The number of carbonyl (C=O) groups is 1. The van der Waals surface area contributed by atoms with Gasteiger partial charge in [-0.25, -0.2) is 9.78 Å². The molecule has 164 valence electrons. The van der Waals surface area contributed by atoms with Crippen molar-refractivity contribution in [3.63, 3.8) is 0 Å². The van der Waals surface area contributed by atoms with Crippen molar-refractivity contribution in [2.75, 3.05) is 7.11 Å². The number of rotatable bonds is 6. The molecule has 4 rings (SSSR count). The molecule has 0 saturated carbocycles. The molecule has 6 heteroatoms. The number of carboxylic acid groups (broad SMARTS) is 1. The Morgan fingerprint density at radius 1 is 1.00 bits per heavy atom. The summed E-state index contributed by atoms with van der Waals surface area (Å²) in [4.78, 5) is 18.9. The zero-order valence-corrected chi connectivity index (χ0v) is 18.6. The van der Waals surface area contributed by atoms with Crippen LogP contribution in [-0.4, -0.2) is 28.2 Å². The summed E-state index contributed by atoms with van der Waals surface area (Å²) in [5.74, 6) is 0.894. The fourth-order valence-electron chi connectivity index (χ4n) is 3.48. The van der Waals surface area contributed by atoms with Crippen molar-refractivity contribution in [3.05, 3.63) is 77.4 Å². The second-order valence-corrected chi connectivity index (χ2v) is 8.72. The summed E-state index contributed by atoms with van der Waals surface area (Å²) in [6, 6.07) is 18.9. The molecule has 0 atom stereocenters. The molecule has 0 radical (unpaired) electrons. The Morgan fingerprint density at radius 3 is 2.41 bits per heavy atom. The standard InChI is InChI=1S/C26H26N2O4/c1-26(2,3)19-9-5-16(6-10-19)15-32-22-12-8-17(14-23(22)31-4)24-27-20-11-7-18(25(29)30)13-21(20)28-24/h5-14H,15H2,1-4H3,(H,27,28)(H,29,30). The van der Waals surface area contributed by atoms with E-state index in [1.807, 2.05) is 18.2 Å². The quantitative estimate of drug-likeness (QED) is 0.403. The molecule has 4 aromatic rings. The van der Waals surface area contributed by atoms with Gasteiger partial charge in [-0.1, -0.05) is 45.0 Å². The first-order valence-electron chi connectivity index (χ1n) is 10.4. The molecule has 0 spiro atoms. The highest BCUT2D eigenvalue weighted by Gasteiger charge is 2.14. The van der Waals surface area contributed by atoms with E-state index in [1.54, 1.807) is 25.3 Å². The van der Waals surface area contributed by atoms with E-state index >= 15 is 0 Å². The van der Waals surface area contributed by atoms with Gasteiger partial charge < -0.3 is 19.6 Å². The maximum atomic E-state index is 11.2. The molecule has 1 heterocycles. The van der Waals surface area contributed by atoms with Gasteiger partial charge in [0.2, 0.25) is 0 Å². The average Bonchev–Trinajstić information content (AvgIpc) is 3.20. The van der Waals surface area contributed by atoms with Gasteiger partial charge in [-0.05, 0) is 52.9 Å². The average molecular weight is 431 g/mol. The van der Waals surface area contributed by atoms with Crippen LogP contribution in [-0.2, 0) is 12.0 Å². The number of nitrogens with zero attached hydrogens (tertiary/aromatic N) is 1. The van der Waals surface area contributed by atoms with Crippen LogP contribution in [0.3, 0.4) is 0 Å². The zero-order chi connectivity index (χ0) is 22.9. The first-order chi connectivity index (χ1) is 15.2. The van der Waals surface area contributed by atoms with Crippen molar-refractivity contribution >= 4 is 17.0 Å². The van der Waals surface area contributed by atoms with Gasteiger partial charge in [-0.2, -0.15) is 0 Å². The number of imidazole rings is 1. The molecule has 0 fully saturated rings. The molecule has 2 N–H and O–H groups in total. The maximum absolute atomic E-state index is 11.2. The highest BCUT2D eigenvalue weighted by molar-refractivity contribution is 5.93. The molecule has 0 amide bonds. The molecule has 0 aliphatic rings. The summed E-state index contributed by atoms with van der Waals surface area (Å²) >= 11 is 0. The Hall–Kier alpha value is -3.80. The number of H-pyrrole nitrogens is 1. The van der Waals surface area contributed by atoms with E-state index in [0.29, 0.717) is 35.0 Å². The Morgan fingerprint density at radius 2 is 1.75 bits per heavy atom. The van der Waals surface area contributed by atoms with Crippen LogP contribution in [0.4, 0.5) is 0 Å². The zero-order valence-electron chi connectivity index (χ0n) is 18.6. The van der Waals surface area contributed by atoms with Crippen LogP contribution in [0.1, 0.15) is 42.3 Å². The third-order valence-electron chi connectivity index (χ3n) is 5.38. The van der Waals surface area contributed by atoms with Crippen molar-refractivity contribution in [1.82, 2.24) is 9.97 Å². The first kappa shape index (κ1) is 21.4. The van der Waals surface area contributed by atoms with Gasteiger partial charge in [-0.3, -0.25) is 0 Å². The molecular formula is C26H26N2O4. The number of benzene rings is 3. The summed E-state index contributed by atoms with van der Waals surface area (Å²) in [6.45, 7) is 7.01. The van der Waals surface area contributed by atoms with Gasteiger partial charge in [0.05, 0.1) is 23.7 Å². The van der Waals surface area contributed by atoms with E-state index in [9.17, 15) is 9.90 Å². The minimum Gasteiger partial charge on any atom is -0.493 e. The van der Waals surface area contributed by atoms with Crippen molar-refractivity contribution in [2.45, 2.75) is 32.8 Å². The van der Waals surface area contributed by atoms with Gasteiger partial charge >= 0.3 is 5.97 Å². The summed E-state index contributed by atoms with van der Waals surface area (Å²) < 4.78 is 11.6. The lowest BCUT2D eigenvalue weighted by Gasteiger charge is -2.19. The second kappa shape index (κ2) is 8.38. The molecular weight excluding hydrogens is 404 g/mol. The predicted octanol–water partition coefficient (Wildman–Crippen LogP) is 5.81. The Balaban J connectivity index is 1.54. The smallest absolute Gasteiger partial charge is 0.335 e. The largest absolute Gasteiger partial charge is 0.493 e. The molecule has 0 unspecified atom stereocenters. The Labute approximate surface area is 186 Å². The van der Waals surface area contributed by atoms with E-state index < -0.39 is 5.97 Å². The maximum Gasteiger partial charge on any atom is 0.335 e. The number of hydrogen-bond acceptors (Lipinski definition) is 4. The number of nitrogens with one attached hydrogen (secondary N) is 1. The minimum absolute atomic E-state index is 0.115. The van der Waals surface area contributed by atoms with Crippen molar-refractivity contribution < 1.29 is 19.4 Å². The van der Waals surface area contributed by atoms with Crippen molar-refractivity contribution in [2.24, 2.45) is 0 Å². The Kier molecular flexibility index (Phi) is 5.61. The molecule has 0 aliphatic carbocycles. The van der Waals surface area contributed by atoms with Crippen molar-refractivity contribution in [1.29, 1.82) is 0 Å². The third kappa shape index (κ3) is 4.44. The van der Waals surface area contributed by atoms with Crippen LogP contribution < -0.4 is 9.47 Å². The van der Waals surface area contributed by atoms with E-state index in [4.69, 9.17) is 9.47 Å². The highest BCUT2D eigenvalue weighted by Crippen LogP contribution is 2.33. The van der Waals surface area contributed by atoms with Gasteiger partial charge in [0.1, 0.15) is 12.4 Å². The number of methoxy groups -OCH3 is 1. The summed E-state index contributed by atoms with van der Waals surface area (Å²) in [7, 11) is 1.60. The van der Waals surface area contributed by atoms with E-state index in [1.165, 1.54) is 5.56 Å². The van der Waals surface area contributed by atoms with Gasteiger partial charge in [-0.15, -0.1) is 0 Å². The van der Waals surface area contributed by atoms with E-state index in [2.05, 4.69) is 55.0 Å². The fraction of sp³-hybridized carbons (Fsp3) is 0.231. The number of fused-ring (bicyclic) bond motifs is 1. The molecule has 6 nitrogen and oxygen atoms in total. The second-order valence-electron chi connectivity index (χ2n) is 8.72.